The maximum Gasteiger partial charge on any atom is 0.330 e. The van der Waals surface area contributed by atoms with Gasteiger partial charge in [0.05, 0.1) is 11.1 Å². The van der Waals surface area contributed by atoms with Crippen molar-refractivity contribution in [3.8, 4) is 0 Å². The van der Waals surface area contributed by atoms with Gasteiger partial charge in [0.2, 0.25) is 0 Å². The molecule has 1 aliphatic rings. The molecule has 0 radical (unpaired) electrons. The number of hydrogen-bond acceptors (Lipinski definition) is 6. The van der Waals surface area contributed by atoms with Gasteiger partial charge in [0.25, 0.3) is 5.56 Å². The summed E-state index contributed by atoms with van der Waals surface area (Å²) in [6, 6.07) is 0. The number of ether oxygens (including phenoxy) is 2. The number of hydrogen-bond donors (Lipinski definition) is 2. The summed E-state index contributed by atoms with van der Waals surface area (Å²) >= 11 is 3.02. The molecular formula is C11H13BrN2O6. The van der Waals surface area contributed by atoms with E-state index in [1.807, 2.05) is 0 Å². The first-order chi connectivity index (χ1) is 9.42. The predicted octanol–water partition coefficient (Wildman–Crippen LogP) is -0.489. The number of H-pyrrole nitrogens is 1. The zero-order chi connectivity index (χ0) is 14.9. The van der Waals surface area contributed by atoms with Crippen LogP contribution in [0.4, 0.5) is 0 Å². The summed E-state index contributed by atoms with van der Waals surface area (Å²) in [6.45, 7) is 0.915. The third-order valence-corrected chi connectivity index (χ3v) is 3.48. The third-order valence-electron chi connectivity index (χ3n) is 2.91. The lowest BCUT2D eigenvalue weighted by molar-refractivity contribution is -0.150. The van der Waals surface area contributed by atoms with Gasteiger partial charge in [0, 0.05) is 19.5 Å². The molecule has 0 amide bonds. The van der Waals surface area contributed by atoms with Crippen molar-refractivity contribution < 1.29 is 19.4 Å². The van der Waals surface area contributed by atoms with E-state index in [1.165, 1.54) is 17.7 Å². The Hall–Kier alpha value is -1.45. The molecule has 1 aliphatic heterocycles. The summed E-state index contributed by atoms with van der Waals surface area (Å²) in [5.41, 5.74) is -1.18. The zero-order valence-corrected chi connectivity index (χ0v) is 12.1. The maximum atomic E-state index is 11.7. The van der Waals surface area contributed by atoms with Gasteiger partial charge in [0.15, 0.2) is 0 Å². The van der Waals surface area contributed by atoms with Crippen LogP contribution in [0.1, 0.15) is 19.6 Å². The van der Waals surface area contributed by atoms with Crippen LogP contribution in [0.3, 0.4) is 0 Å². The number of nitrogens with zero attached hydrogens (tertiary/aromatic N) is 1. The van der Waals surface area contributed by atoms with E-state index in [1.54, 1.807) is 0 Å². The molecule has 0 bridgehead atoms. The maximum absolute atomic E-state index is 11.7. The number of carbonyl (C=O) groups excluding carboxylic acids is 1. The summed E-state index contributed by atoms with van der Waals surface area (Å²) in [5.74, 6) is -0.493. The van der Waals surface area contributed by atoms with Crippen LogP contribution in [0.15, 0.2) is 20.3 Å². The van der Waals surface area contributed by atoms with E-state index in [-0.39, 0.29) is 17.5 Å². The normalized spacial score (nSPS) is 25.6. The van der Waals surface area contributed by atoms with Crippen molar-refractivity contribution in [2.24, 2.45) is 0 Å². The molecule has 1 saturated heterocycles. The topological polar surface area (TPSA) is 111 Å². The molecule has 8 nitrogen and oxygen atoms in total. The summed E-state index contributed by atoms with van der Waals surface area (Å²) in [7, 11) is 0. The van der Waals surface area contributed by atoms with Crippen LogP contribution in [0, 0.1) is 0 Å². The van der Waals surface area contributed by atoms with E-state index >= 15 is 0 Å². The number of nitrogens with one attached hydrogen (secondary N) is 1. The second-order valence-electron chi connectivity index (χ2n) is 4.34. The standard InChI is InChI=1S/C11H13BrN2O6/c1-5(16)19-7-2-9(20-8(7)4-15)14-3-6(12)10(17)13-11(14)18/h3,7-9,15H,2,4H2,1H3,(H,13,17,18)/t7-,8+,9+/m0/s1. The second-order valence-corrected chi connectivity index (χ2v) is 5.19. The molecule has 2 heterocycles. The largest absolute Gasteiger partial charge is 0.460 e. The van der Waals surface area contributed by atoms with E-state index in [0.717, 1.165) is 0 Å². The minimum atomic E-state index is -0.725. The fraction of sp³-hybridized carbons (Fsp3) is 0.545. The first-order valence-electron chi connectivity index (χ1n) is 5.87. The Bertz CT molecular complexity index is 624. The molecule has 0 aliphatic carbocycles. The van der Waals surface area contributed by atoms with Gasteiger partial charge in [-0.25, -0.2) is 4.79 Å². The van der Waals surface area contributed by atoms with Crippen molar-refractivity contribution in [2.75, 3.05) is 6.61 Å². The molecule has 0 spiro atoms. The number of aromatic amines is 1. The summed E-state index contributed by atoms with van der Waals surface area (Å²) in [4.78, 5) is 36.1. The van der Waals surface area contributed by atoms with Crippen molar-refractivity contribution >= 4 is 21.9 Å². The molecule has 3 atom stereocenters. The Morgan fingerprint density at radius 3 is 2.95 bits per heavy atom. The van der Waals surface area contributed by atoms with Gasteiger partial charge in [0.1, 0.15) is 18.4 Å². The predicted molar refractivity (Wildman–Crippen MR) is 70.2 cm³/mol. The number of aromatic nitrogens is 2. The quantitative estimate of drug-likeness (QED) is 0.713. The Morgan fingerprint density at radius 2 is 2.35 bits per heavy atom. The highest BCUT2D eigenvalue weighted by molar-refractivity contribution is 9.10. The Labute approximate surface area is 121 Å². The summed E-state index contributed by atoms with van der Waals surface area (Å²) in [5, 5.41) is 9.21. The van der Waals surface area contributed by atoms with E-state index in [0.29, 0.717) is 0 Å². The molecule has 2 N–H and O–H groups in total. The molecule has 2 rings (SSSR count). The summed E-state index contributed by atoms with van der Waals surface area (Å²) < 4.78 is 11.9. The average Bonchev–Trinajstić information content (AvgIpc) is 2.75. The first kappa shape index (κ1) is 14.9. The lowest BCUT2D eigenvalue weighted by Crippen LogP contribution is -2.32. The number of halogens is 1. The minimum absolute atomic E-state index is 0.178. The van der Waals surface area contributed by atoms with Crippen LogP contribution in [-0.4, -0.2) is 39.4 Å². The van der Waals surface area contributed by atoms with Crippen molar-refractivity contribution in [2.45, 2.75) is 31.8 Å². The molecule has 110 valence electrons. The molecule has 0 aromatic carbocycles. The Balaban J connectivity index is 2.27. The van der Waals surface area contributed by atoms with Crippen molar-refractivity contribution in [1.29, 1.82) is 0 Å². The van der Waals surface area contributed by atoms with Gasteiger partial charge in [-0.3, -0.25) is 19.1 Å². The molecule has 1 fully saturated rings. The molecule has 20 heavy (non-hydrogen) atoms. The van der Waals surface area contributed by atoms with Crippen LogP contribution in [0.2, 0.25) is 0 Å². The van der Waals surface area contributed by atoms with Gasteiger partial charge in [-0.15, -0.1) is 0 Å². The molecule has 9 heteroatoms. The fourth-order valence-corrected chi connectivity index (χ4v) is 2.37. The minimum Gasteiger partial charge on any atom is -0.460 e. The van der Waals surface area contributed by atoms with Crippen LogP contribution in [-0.2, 0) is 14.3 Å². The lowest BCUT2D eigenvalue weighted by Gasteiger charge is -2.15. The Kier molecular flexibility index (Phi) is 4.41. The van der Waals surface area contributed by atoms with Gasteiger partial charge in [-0.2, -0.15) is 0 Å². The number of rotatable bonds is 3. The van der Waals surface area contributed by atoms with Crippen molar-refractivity contribution in [3.63, 3.8) is 0 Å². The first-order valence-corrected chi connectivity index (χ1v) is 6.66. The fourth-order valence-electron chi connectivity index (χ4n) is 2.05. The van der Waals surface area contributed by atoms with Gasteiger partial charge in [-0.05, 0) is 15.9 Å². The monoisotopic (exact) mass is 348 g/mol. The van der Waals surface area contributed by atoms with E-state index in [2.05, 4.69) is 20.9 Å². The van der Waals surface area contributed by atoms with Crippen LogP contribution < -0.4 is 11.2 Å². The van der Waals surface area contributed by atoms with E-state index in [4.69, 9.17) is 9.47 Å². The van der Waals surface area contributed by atoms with E-state index in [9.17, 15) is 19.5 Å². The van der Waals surface area contributed by atoms with Crippen molar-refractivity contribution in [3.05, 3.63) is 31.5 Å². The number of esters is 1. The van der Waals surface area contributed by atoms with Crippen molar-refractivity contribution in [1.82, 2.24) is 9.55 Å². The smallest absolute Gasteiger partial charge is 0.330 e. The zero-order valence-electron chi connectivity index (χ0n) is 10.5. The highest BCUT2D eigenvalue weighted by atomic mass is 79.9. The number of carbonyl (C=O) groups is 1. The third kappa shape index (κ3) is 3.00. The Morgan fingerprint density at radius 1 is 1.65 bits per heavy atom. The molecule has 1 aromatic heterocycles. The molecule has 1 aromatic rings. The van der Waals surface area contributed by atoms with Gasteiger partial charge in [-0.1, -0.05) is 0 Å². The van der Waals surface area contributed by atoms with E-state index < -0.39 is 35.7 Å². The number of aliphatic hydroxyl groups is 1. The lowest BCUT2D eigenvalue weighted by atomic mass is 10.2. The van der Waals surface area contributed by atoms with Crippen LogP contribution in [0.5, 0.6) is 0 Å². The van der Waals surface area contributed by atoms with Crippen LogP contribution in [0.25, 0.3) is 0 Å². The average molecular weight is 349 g/mol. The molecule has 0 saturated carbocycles. The second kappa shape index (κ2) is 5.90. The molecule has 0 unspecified atom stereocenters. The highest BCUT2D eigenvalue weighted by Gasteiger charge is 2.38. The molecular weight excluding hydrogens is 336 g/mol. The number of aliphatic hydroxyl groups excluding tert-OH is 1. The van der Waals surface area contributed by atoms with Crippen LogP contribution >= 0.6 is 15.9 Å². The SMILES string of the molecule is CC(=O)O[C@H]1C[C@H](n2cc(Br)c(=O)[nH]c2=O)O[C@@H]1CO. The van der Waals surface area contributed by atoms with Gasteiger partial charge >= 0.3 is 11.7 Å². The summed E-state index contributed by atoms with van der Waals surface area (Å²) in [6.07, 6.45) is -0.557. The highest BCUT2D eigenvalue weighted by Crippen LogP contribution is 2.29. The van der Waals surface area contributed by atoms with Gasteiger partial charge < -0.3 is 14.6 Å².